The third kappa shape index (κ3) is 6.37. The summed E-state index contributed by atoms with van der Waals surface area (Å²) in [6, 6.07) is 101. The predicted molar refractivity (Wildman–Crippen MR) is 318 cm³/mol. The van der Waals surface area contributed by atoms with Gasteiger partial charge in [-0.1, -0.05) is 249 Å². The zero-order chi connectivity index (χ0) is 50.6. The SMILES string of the molecule is c1ccc(-c2ccc([Si](c3ccccc3)(c3ccccc3)c3cccc4c3C3c5ccccc5C4c4cccc(-c5nc(-n6c7ccccc7c7ccccc76)nc(-n6c7ccccc7c7ccccc76)n5)c43)cc2)cc1. The van der Waals surface area contributed by atoms with Gasteiger partial charge in [-0.2, -0.15) is 15.0 Å². The molecule has 0 aliphatic heterocycles. The molecular weight excluding hydrogens is 951 g/mol. The Morgan fingerprint density at radius 1 is 0.286 bits per heavy atom. The van der Waals surface area contributed by atoms with Gasteiger partial charge in [0.15, 0.2) is 13.9 Å². The van der Waals surface area contributed by atoms with E-state index in [1.54, 1.807) is 0 Å². The first kappa shape index (κ1) is 43.6. The van der Waals surface area contributed by atoms with Crippen LogP contribution in [0.5, 0.6) is 0 Å². The molecular formula is C71H47N5Si. The van der Waals surface area contributed by atoms with Crippen molar-refractivity contribution < 1.29 is 0 Å². The van der Waals surface area contributed by atoms with Crippen molar-refractivity contribution in [1.29, 1.82) is 0 Å². The maximum Gasteiger partial charge on any atom is 0.240 e. The summed E-state index contributed by atoms with van der Waals surface area (Å²) < 4.78 is 4.47. The summed E-state index contributed by atoms with van der Waals surface area (Å²) in [7, 11) is -3.12. The molecule has 5 nitrogen and oxygen atoms in total. The van der Waals surface area contributed by atoms with Crippen LogP contribution in [-0.4, -0.2) is 32.2 Å². The second-order valence-corrected chi connectivity index (χ2v) is 24.3. The molecule has 11 aromatic carbocycles. The highest BCUT2D eigenvalue weighted by Gasteiger charge is 2.50. The normalized spacial score (nSPS) is 14.5. The van der Waals surface area contributed by atoms with E-state index in [1.165, 1.54) is 65.3 Å². The summed E-state index contributed by atoms with van der Waals surface area (Å²) in [4.78, 5) is 17.0. The van der Waals surface area contributed by atoms with Crippen LogP contribution in [0, 0.1) is 0 Å². The average Bonchev–Trinajstić information content (AvgIpc) is 4.04. The summed E-state index contributed by atoms with van der Waals surface area (Å²) in [5.74, 6) is 1.63. The second kappa shape index (κ2) is 17.1. The first-order valence-corrected chi connectivity index (χ1v) is 28.6. The van der Waals surface area contributed by atoms with Crippen LogP contribution in [0.25, 0.3) is 78.0 Å². The number of hydrogen-bond acceptors (Lipinski definition) is 3. The number of benzene rings is 11. The van der Waals surface area contributed by atoms with Gasteiger partial charge in [-0.25, -0.2) is 0 Å². The molecule has 0 saturated heterocycles. The van der Waals surface area contributed by atoms with E-state index in [0.29, 0.717) is 17.7 Å². The molecule has 3 aromatic heterocycles. The van der Waals surface area contributed by atoms with Crippen LogP contribution in [0.4, 0.5) is 0 Å². The summed E-state index contributed by atoms with van der Waals surface area (Å²) >= 11 is 0. The van der Waals surface area contributed by atoms with Gasteiger partial charge in [0.05, 0.1) is 22.1 Å². The van der Waals surface area contributed by atoms with Gasteiger partial charge < -0.3 is 0 Å². The van der Waals surface area contributed by atoms with Crippen molar-refractivity contribution in [1.82, 2.24) is 24.1 Å². The number of para-hydroxylation sites is 4. The number of fused-ring (bicyclic) bond motifs is 6. The van der Waals surface area contributed by atoms with E-state index in [-0.39, 0.29) is 11.8 Å². The predicted octanol–water partition coefficient (Wildman–Crippen LogP) is 13.8. The van der Waals surface area contributed by atoms with Crippen molar-refractivity contribution in [3.63, 3.8) is 0 Å². The number of hydrogen-bond donors (Lipinski definition) is 0. The molecule has 77 heavy (non-hydrogen) atoms. The van der Waals surface area contributed by atoms with Crippen molar-refractivity contribution in [3.05, 3.63) is 306 Å². The van der Waals surface area contributed by atoms with Crippen molar-refractivity contribution in [2.75, 3.05) is 0 Å². The van der Waals surface area contributed by atoms with Crippen LogP contribution in [0.3, 0.4) is 0 Å². The van der Waals surface area contributed by atoms with E-state index < -0.39 is 8.07 Å². The summed E-state index contributed by atoms with van der Waals surface area (Å²) in [6.45, 7) is 0. The minimum Gasteiger partial charge on any atom is -0.278 e. The Hall–Kier alpha value is -9.75. The molecule has 0 N–H and O–H groups in total. The Morgan fingerprint density at radius 2 is 0.675 bits per heavy atom. The fraction of sp³-hybridized carbons (Fsp3) is 0.0282. The molecule has 0 saturated carbocycles. The lowest BCUT2D eigenvalue weighted by Crippen LogP contribution is -2.75. The van der Waals surface area contributed by atoms with Gasteiger partial charge in [0.1, 0.15) is 0 Å². The Kier molecular flexibility index (Phi) is 9.72. The highest BCUT2D eigenvalue weighted by molar-refractivity contribution is 7.20. The molecule has 2 bridgehead atoms. The highest BCUT2D eigenvalue weighted by atomic mass is 28.3. The van der Waals surface area contributed by atoms with E-state index >= 15 is 0 Å². The zero-order valence-electron chi connectivity index (χ0n) is 41.9. The van der Waals surface area contributed by atoms with E-state index in [1.807, 2.05) is 0 Å². The molecule has 0 radical (unpaired) electrons. The van der Waals surface area contributed by atoms with Crippen LogP contribution < -0.4 is 20.7 Å². The van der Waals surface area contributed by atoms with E-state index in [2.05, 4.69) is 282 Å². The average molecular weight is 998 g/mol. The second-order valence-electron chi connectivity index (χ2n) is 20.5. The van der Waals surface area contributed by atoms with Gasteiger partial charge in [0, 0.05) is 38.9 Å². The molecule has 3 heterocycles. The molecule has 2 unspecified atom stereocenters. The Labute approximate surface area is 446 Å². The monoisotopic (exact) mass is 997 g/mol. The van der Waals surface area contributed by atoms with Gasteiger partial charge in [-0.05, 0) is 89.5 Å². The van der Waals surface area contributed by atoms with Crippen molar-refractivity contribution in [3.8, 4) is 34.4 Å². The third-order valence-corrected chi connectivity index (χ3v) is 21.6. The molecule has 2 atom stereocenters. The molecule has 14 aromatic rings. The van der Waals surface area contributed by atoms with E-state index in [9.17, 15) is 0 Å². The van der Waals surface area contributed by atoms with Crippen LogP contribution in [0.15, 0.2) is 273 Å². The lowest BCUT2D eigenvalue weighted by molar-refractivity contribution is 0.758. The lowest BCUT2D eigenvalue weighted by Gasteiger charge is -2.46. The topological polar surface area (TPSA) is 48.5 Å². The van der Waals surface area contributed by atoms with Gasteiger partial charge in [-0.3, -0.25) is 9.13 Å². The van der Waals surface area contributed by atoms with Crippen molar-refractivity contribution in [2.24, 2.45) is 0 Å². The summed E-state index contributed by atoms with van der Waals surface area (Å²) in [6.07, 6.45) is 0. The standard InChI is InChI=1S/C71H47N5Si/c1-4-22-46(23-5-1)47-42-44-50(45-43-47)77(48-24-6-2-7-25-48,49-26-8-3-9-27-49)64-41-21-35-58-65-55-32-10-11-33-56(55)68(67(58)64)66-57(65)34-20-36-59(66)69-72-70(75-60-37-16-12-28-51(60)52-29-13-17-38-61(52)75)74-71(73-69)76-62-39-18-14-30-53(62)54-31-15-19-40-63(54)76/h1-45,65,68H. The number of rotatable bonds is 8. The van der Waals surface area contributed by atoms with E-state index in [0.717, 1.165) is 49.2 Å². The summed E-state index contributed by atoms with van der Waals surface area (Å²) in [5, 5.41) is 10.0. The van der Waals surface area contributed by atoms with Crippen LogP contribution in [0.1, 0.15) is 45.2 Å². The molecule has 0 spiro atoms. The van der Waals surface area contributed by atoms with Crippen LogP contribution in [-0.2, 0) is 0 Å². The van der Waals surface area contributed by atoms with Gasteiger partial charge in [-0.15, -0.1) is 0 Å². The first-order valence-electron chi connectivity index (χ1n) is 26.6. The quantitative estimate of drug-likeness (QED) is 0.113. The van der Waals surface area contributed by atoms with Gasteiger partial charge >= 0.3 is 0 Å². The van der Waals surface area contributed by atoms with Crippen molar-refractivity contribution in [2.45, 2.75) is 11.8 Å². The lowest BCUT2D eigenvalue weighted by atomic mass is 9.60. The zero-order valence-corrected chi connectivity index (χ0v) is 42.9. The van der Waals surface area contributed by atoms with Gasteiger partial charge in [0.2, 0.25) is 11.9 Å². The first-order chi connectivity index (χ1) is 38.2. The maximum atomic E-state index is 5.70. The smallest absolute Gasteiger partial charge is 0.240 e. The minimum absolute atomic E-state index is 0.0183. The number of aromatic nitrogens is 5. The molecule has 360 valence electrons. The minimum atomic E-state index is -3.12. The highest BCUT2D eigenvalue weighted by Crippen LogP contribution is 2.57. The molecule has 0 amide bonds. The van der Waals surface area contributed by atoms with Gasteiger partial charge in [0.25, 0.3) is 0 Å². The Bertz CT molecular complexity index is 4360. The van der Waals surface area contributed by atoms with Crippen LogP contribution in [0.2, 0.25) is 0 Å². The third-order valence-electron chi connectivity index (χ3n) is 16.8. The molecule has 3 aliphatic rings. The molecule has 0 fully saturated rings. The fourth-order valence-corrected chi connectivity index (χ4v) is 18.7. The molecule has 6 heteroatoms. The fourth-order valence-electron chi connectivity index (χ4n) is 13.7. The largest absolute Gasteiger partial charge is 0.278 e. The van der Waals surface area contributed by atoms with E-state index in [4.69, 9.17) is 15.0 Å². The number of nitrogens with zero attached hydrogens (tertiary/aromatic N) is 5. The molecule has 3 aliphatic carbocycles. The van der Waals surface area contributed by atoms with Crippen molar-refractivity contribution >= 4 is 72.4 Å². The summed E-state index contributed by atoms with van der Waals surface area (Å²) in [5.41, 5.74) is 15.6. The van der Waals surface area contributed by atoms with Crippen LogP contribution >= 0.6 is 0 Å². The Balaban J connectivity index is 0.993. The Morgan fingerprint density at radius 3 is 1.19 bits per heavy atom. The molecule has 17 rings (SSSR count). The maximum absolute atomic E-state index is 5.70.